The zero-order valence-corrected chi connectivity index (χ0v) is 19.9. The SMILES string of the molecule is Cc1cccc(N2CCN(CCCNC(=O)c3nnc(Cc4ccccc4Cl)o3)C[C@@H]2C)c1. The molecule has 33 heavy (non-hydrogen) atoms. The first-order valence-electron chi connectivity index (χ1n) is 11.4. The maximum atomic E-state index is 12.4. The Kier molecular flexibility index (Phi) is 7.62. The lowest BCUT2D eigenvalue weighted by molar-refractivity contribution is 0.0914. The van der Waals surface area contributed by atoms with Crippen LogP contribution < -0.4 is 10.2 Å². The van der Waals surface area contributed by atoms with E-state index < -0.39 is 0 Å². The van der Waals surface area contributed by atoms with Gasteiger partial charge in [0.25, 0.3) is 0 Å². The first-order valence-corrected chi connectivity index (χ1v) is 11.8. The number of benzene rings is 2. The van der Waals surface area contributed by atoms with Gasteiger partial charge >= 0.3 is 11.8 Å². The number of aryl methyl sites for hydroxylation is 1. The normalized spacial score (nSPS) is 16.7. The number of aromatic nitrogens is 2. The summed E-state index contributed by atoms with van der Waals surface area (Å²) in [5, 5.41) is 11.4. The van der Waals surface area contributed by atoms with Crippen molar-refractivity contribution in [3.63, 3.8) is 0 Å². The van der Waals surface area contributed by atoms with E-state index in [2.05, 4.69) is 63.4 Å². The molecular formula is C25H30ClN5O2. The number of piperazine rings is 1. The molecule has 2 heterocycles. The number of hydrogen-bond acceptors (Lipinski definition) is 6. The molecule has 7 nitrogen and oxygen atoms in total. The van der Waals surface area contributed by atoms with Crippen LogP contribution in [0.1, 0.15) is 41.0 Å². The van der Waals surface area contributed by atoms with Crippen LogP contribution in [-0.2, 0) is 6.42 Å². The topological polar surface area (TPSA) is 74.5 Å². The van der Waals surface area contributed by atoms with Crippen LogP contribution in [-0.4, -0.2) is 59.8 Å². The van der Waals surface area contributed by atoms with Gasteiger partial charge in [0.2, 0.25) is 5.89 Å². The second-order valence-corrected chi connectivity index (χ2v) is 8.97. The van der Waals surface area contributed by atoms with Crippen LogP contribution in [0.3, 0.4) is 0 Å². The van der Waals surface area contributed by atoms with Crippen LogP contribution in [0.5, 0.6) is 0 Å². The number of hydrogen-bond donors (Lipinski definition) is 1. The summed E-state index contributed by atoms with van der Waals surface area (Å²) in [5.41, 5.74) is 3.46. The van der Waals surface area contributed by atoms with Gasteiger partial charge in [-0.3, -0.25) is 9.69 Å². The summed E-state index contributed by atoms with van der Waals surface area (Å²) >= 11 is 6.17. The summed E-state index contributed by atoms with van der Waals surface area (Å²) < 4.78 is 5.52. The third-order valence-corrected chi connectivity index (χ3v) is 6.31. The largest absolute Gasteiger partial charge is 0.417 e. The predicted molar refractivity (Wildman–Crippen MR) is 130 cm³/mol. The molecule has 0 saturated carbocycles. The van der Waals surface area contributed by atoms with Crippen LogP contribution >= 0.6 is 11.6 Å². The highest BCUT2D eigenvalue weighted by Crippen LogP contribution is 2.22. The zero-order chi connectivity index (χ0) is 23.2. The minimum atomic E-state index is -0.342. The molecule has 174 valence electrons. The lowest BCUT2D eigenvalue weighted by atomic mass is 10.1. The molecule has 1 N–H and O–H groups in total. The van der Waals surface area contributed by atoms with Gasteiger partial charge in [-0.25, -0.2) is 0 Å². The third kappa shape index (κ3) is 6.12. The van der Waals surface area contributed by atoms with E-state index in [4.69, 9.17) is 16.0 Å². The lowest BCUT2D eigenvalue weighted by Gasteiger charge is -2.41. The van der Waals surface area contributed by atoms with Gasteiger partial charge < -0.3 is 14.6 Å². The van der Waals surface area contributed by atoms with Gasteiger partial charge in [-0.1, -0.05) is 41.9 Å². The summed E-state index contributed by atoms with van der Waals surface area (Å²) in [7, 11) is 0. The Balaban J connectivity index is 1.19. The van der Waals surface area contributed by atoms with Gasteiger partial charge in [0, 0.05) is 42.9 Å². The van der Waals surface area contributed by atoms with Crippen LogP contribution in [0.2, 0.25) is 5.02 Å². The maximum Gasteiger partial charge on any atom is 0.308 e. The molecule has 0 aliphatic carbocycles. The number of nitrogens with zero attached hydrogens (tertiary/aromatic N) is 4. The Bertz CT molecular complexity index is 1090. The van der Waals surface area contributed by atoms with Crippen molar-refractivity contribution in [1.29, 1.82) is 0 Å². The highest BCUT2D eigenvalue weighted by atomic mass is 35.5. The molecule has 1 aliphatic rings. The Morgan fingerprint density at radius 1 is 1.18 bits per heavy atom. The van der Waals surface area contributed by atoms with Gasteiger partial charge in [0.05, 0.1) is 6.42 Å². The minimum Gasteiger partial charge on any atom is -0.417 e. The molecular weight excluding hydrogens is 438 g/mol. The number of nitrogens with one attached hydrogen (secondary N) is 1. The number of carbonyl (C=O) groups is 1. The van der Waals surface area contributed by atoms with Crippen LogP contribution in [0, 0.1) is 6.92 Å². The number of carbonyl (C=O) groups excluding carboxylic acids is 1. The summed E-state index contributed by atoms with van der Waals surface area (Å²) in [5.74, 6) is 0.0108. The van der Waals surface area contributed by atoms with Crippen LogP contribution in [0.4, 0.5) is 5.69 Å². The molecule has 0 bridgehead atoms. The molecule has 1 fully saturated rings. The number of amides is 1. The Labute approximate surface area is 199 Å². The summed E-state index contributed by atoms with van der Waals surface area (Å²) in [6, 6.07) is 16.6. The Hall–Kier alpha value is -2.90. The molecule has 3 aromatic rings. The standard InChI is InChI=1S/C25H30ClN5O2/c1-18-7-5-9-21(15-18)31-14-13-30(17-19(31)2)12-6-11-27-24(32)25-29-28-23(33-25)16-20-8-3-4-10-22(20)26/h3-5,7-10,15,19H,6,11-14,16-17H2,1-2H3,(H,27,32)/t19-/m0/s1. The first-order chi connectivity index (χ1) is 16.0. The summed E-state index contributed by atoms with van der Waals surface area (Å²) in [6.45, 7) is 8.94. The Morgan fingerprint density at radius 2 is 2.03 bits per heavy atom. The van der Waals surface area contributed by atoms with Crippen molar-refractivity contribution in [2.45, 2.75) is 32.7 Å². The molecule has 0 spiro atoms. The fourth-order valence-electron chi connectivity index (χ4n) is 4.23. The highest BCUT2D eigenvalue weighted by Gasteiger charge is 2.23. The zero-order valence-electron chi connectivity index (χ0n) is 19.1. The predicted octanol–water partition coefficient (Wildman–Crippen LogP) is 3.95. The van der Waals surface area contributed by atoms with Gasteiger partial charge in [-0.15, -0.1) is 10.2 Å². The van der Waals surface area contributed by atoms with Crippen molar-refractivity contribution < 1.29 is 9.21 Å². The molecule has 1 atom stereocenters. The van der Waals surface area contributed by atoms with E-state index in [0.29, 0.717) is 29.9 Å². The fraction of sp³-hybridized carbons (Fsp3) is 0.400. The molecule has 1 aromatic heterocycles. The van der Waals surface area contributed by atoms with E-state index in [0.717, 1.165) is 38.2 Å². The number of anilines is 1. The molecule has 2 aromatic carbocycles. The fourth-order valence-corrected chi connectivity index (χ4v) is 4.43. The molecule has 0 radical (unpaired) electrons. The second kappa shape index (κ2) is 10.8. The smallest absolute Gasteiger partial charge is 0.308 e. The maximum absolute atomic E-state index is 12.4. The van der Waals surface area contributed by atoms with Gasteiger partial charge in [0.15, 0.2) is 0 Å². The van der Waals surface area contributed by atoms with Crippen molar-refractivity contribution in [2.24, 2.45) is 0 Å². The van der Waals surface area contributed by atoms with Crippen molar-refractivity contribution in [1.82, 2.24) is 20.4 Å². The molecule has 1 aliphatic heterocycles. The average Bonchev–Trinajstić information content (AvgIpc) is 3.27. The molecule has 1 saturated heterocycles. The molecule has 4 rings (SSSR count). The minimum absolute atomic E-state index is 0.0163. The van der Waals surface area contributed by atoms with E-state index in [1.54, 1.807) is 0 Å². The monoisotopic (exact) mass is 467 g/mol. The Morgan fingerprint density at radius 3 is 2.82 bits per heavy atom. The van der Waals surface area contributed by atoms with Crippen molar-refractivity contribution in [3.05, 3.63) is 76.5 Å². The van der Waals surface area contributed by atoms with Crippen molar-refractivity contribution in [3.8, 4) is 0 Å². The summed E-state index contributed by atoms with van der Waals surface area (Å²) in [6.07, 6.45) is 1.26. The van der Waals surface area contributed by atoms with E-state index >= 15 is 0 Å². The van der Waals surface area contributed by atoms with Gasteiger partial charge in [0.1, 0.15) is 0 Å². The molecule has 0 unspecified atom stereocenters. The number of halogens is 1. The molecule has 1 amide bonds. The lowest BCUT2D eigenvalue weighted by Crippen LogP contribution is -2.52. The molecule has 8 heteroatoms. The first kappa shape index (κ1) is 23.3. The van der Waals surface area contributed by atoms with Crippen molar-refractivity contribution >= 4 is 23.2 Å². The van der Waals surface area contributed by atoms with Gasteiger partial charge in [-0.05, 0) is 56.1 Å². The quantitative estimate of drug-likeness (QED) is 0.505. The van der Waals surface area contributed by atoms with E-state index in [1.165, 1.54) is 11.3 Å². The van der Waals surface area contributed by atoms with E-state index in [-0.39, 0.29) is 11.8 Å². The second-order valence-electron chi connectivity index (χ2n) is 8.56. The van der Waals surface area contributed by atoms with Crippen LogP contribution in [0.25, 0.3) is 0 Å². The van der Waals surface area contributed by atoms with E-state index in [1.807, 2.05) is 24.3 Å². The average molecular weight is 468 g/mol. The third-order valence-electron chi connectivity index (χ3n) is 5.94. The van der Waals surface area contributed by atoms with E-state index in [9.17, 15) is 4.79 Å². The summed E-state index contributed by atoms with van der Waals surface area (Å²) in [4.78, 5) is 17.3. The number of rotatable bonds is 8. The van der Waals surface area contributed by atoms with Gasteiger partial charge in [-0.2, -0.15) is 0 Å². The highest BCUT2D eigenvalue weighted by molar-refractivity contribution is 6.31. The van der Waals surface area contributed by atoms with Crippen LogP contribution in [0.15, 0.2) is 52.9 Å². The van der Waals surface area contributed by atoms with Crippen molar-refractivity contribution in [2.75, 3.05) is 37.6 Å².